The molecule has 0 fully saturated rings. The number of hydrogen-bond donors (Lipinski definition) is 0. The monoisotopic (exact) mass is 870 g/mol. The standard InChI is InChI=1S/C35H25N2O.C13H12N.Ir/c1-3-9-25(10-4-1)15-16-26-17-22-34-30(23-26)31(24-38-34)35-36-32-13-7-8-14-33(32)37(35)29-20-18-28(19-21-29)27-11-5-2-6-12-27;1-10-3-6-12(7-4-10)13-8-5-11(2)9-14-13;/h1-14,17-23H,15-16H2;3-6,8-9H,1-2H3;/q2*-1;/i;1D3,2D3;. The van der Waals surface area contributed by atoms with Crippen molar-refractivity contribution in [2.24, 2.45) is 0 Å². The number of para-hydroxylation sites is 2. The molecule has 6 aromatic carbocycles. The molecular weight excluding hydrogens is 827 g/mol. The van der Waals surface area contributed by atoms with Crippen LogP contribution in [0.1, 0.15) is 30.5 Å². The van der Waals surface area contributed by atoms with Crippen molar-refractivity contribution in [2.75, 3.05) is 0 Å². The van der Waals surface area contributed by atoms with E-state index >= 15 is 0 Å². The SMILES string of the molecule is [2H]C([2H])([2H])c1c[c-]c(-c2ccc(C([2H])([2H])[2H])cn2)cc1.[Ir].[c-]1oc2ccc(CCc3ccccc3)cc2c1-c1nc2ccccc2n1-c1ccc(-c2ccccc2)cc1. The minimum Gasteiger partial charge on any atom is -0.557 e. The molecule has 0 saturated carbocycles. The summed E-state index contributed by atoms with van der Waals surface area (Å²) in [5.74, 6) is 0.831. The molecule has 9 rings (SSSR count). The minimum atomic E-state index is -2.18. The van der Waals surface area contributed by atoms with E-state index in [0.717, 1.165) is 51.9 Å². The molecule has 0 aliphatic rings. The first-order valence-corrected chi connectivity index (χ1v) is 17.1. The molecule has 0 unspecified atom stereocenters. The molecule has 0 aliphatic carbocycles. The number of aryl methyl sites for hydroxylation is 4. The maximum absolute atomic E-state index is 7.28. The van der Waals surface area contributed by atoms with Gasteiger partial charge in [0, 0.05) is 52.1 Å². The summed E-state index contributed by atoms with van der Waals surface area (Å²) in [6, 6.07) is 54.9. The number of furan rings is 1. The summed E-state index contributed by atoms with van der Waals surface area (Å²) in [6.07, 6.45) is 6.44. The summed E-state index contributed by atoms with van der Waals surface area (Å²) in [4.78, 5) is 9.13. The van der Waals surface area contributed by atoms with E-state index in [9.17, 15) is 0 Å². The fraction of sp³-hybridized carbons (Fsp3) is 0.0833. The van der Waals surface area contributed by atoms with Crippen LogP contribution in [0.5, 0.6) is 0 Å². The van der Waals surface area contributed by atoms with Crippen LogP contribution < -0.4 is 0 Å². The zero-order valence-electron chi connectivity index (χ0n) is 34.6. The van der Waals surface area contributed by atoms with Crippen molar-refractivity contribution in [1.82, 2.24) is 14.5 Å². The maximum atomic E-state index is 7.28. The molecule has 3 heterocycles. The van der Waals surface area contributed by atoms with Crippen molar-refractivity contribution in [1.29, 1.82) is 0 Å². The van der Waals surface area contributed by atoms with Gasteiger partial charge in [0.25, 0.3) is 0 Å². The van der Waals surface area contributed by atoms with Crippen LogP contribution in [-0.2, 0) is 32.9 Å². The van der Waals surface area contributed by atoms with Crippen molar-refractivity contribution in [3.8, 4) is 39.5 Å². The number of benzene rings is 6. The summed E-state index contributed by atoms with van der Waals surface area (Å²) in [7, 11) is 0. The van der Waals surface area contributed by atoms with Crippen LogP contribution in [0.25, 0.3) is 61.5 Å². The number of hydrogen-bond acceptors (Lipinski definition) is 3. The molecule has 0 N–H and O–H groups in total. The van der Waals surface area contributed by atoms with Gasteiger partial charge in [0.15, 0.2) is 0 Å². The molecule has 261 valence electrons. The summed E-state index contributed by atoms with van der Waals surface area (Å²) in [5.41, 5.74) is 11.3. The van der Waals surface area contributed by atoms with Crippen molar-refractivity contribution in [3.63, 3.8) is 0 Å². The third kappa shape index (κ3) is 7.98. The average molecular weight is 870 g/mol. The van der Waals surface area contributed by atoms with Gasteiger partial charge in [-0.2, -0.15) is 0 Å². The second kappa shape index (κ2) is 16.2. The predicted molar refractivity (Wildman–Crippen MR) is 212 cm³/mol. The van der Waals surface area contributed by atoms with Crippen LogP contribution in [0, 0.1) is 26.0 Å². The summed E-state index contributed by atoms with van der Waals surface area (Å²) in [6.45, 7) is -4.34. The first-order valence-electron chi connectivity index (χ1n) is 20.1. The third-order valence-corrected chi connectivity index (χ3v) is 8.99. The van der Waals surface area contributed by atoms with Gasteiger partial charge in [-0.3, -0.25) is 4.98 Å². The molecule has 0 atom stereocenters. The Morgan fingerprint density at radius 2 is 1.40 bits per heavy atom. The van der Waals surface area contributed by atoms with E-state index in [0.29, 0.717) is 11.3 Å². The topological polar surface area (TPSA) is 43.9 Å². The van der Waals surface area contributed by atoms with Crippen LogP contribution in [0.4, 0.5) is 0 Å². The van der Waals surface area contributed by atoms with E-state index in [2.05, 4.69) is 137 Å². The van der Waals surface area contributed by atoms with Gasteiger partial charge >= 0.3 is 0 Å². The molecule has 5 heteroatoms. The van der Waals surface area contributed by atoms with Gasteiger partial charge in [-0.15, -0.1) is 35.4 Å². The Kier molecular flexibility index (Phi) is 8.77. The molecular formula is C48H37IrN3O-2. The van der Waals surface area contributed by atoms with E-state index in [1.165, 1.54) is 46.6 Å². The van der Waals surface area contributed by atoms with Gasteiger partial charge in [-0.1, -0.05) is 139 Å². The second-order valence-corrected chi connectivity index (χ2v) is 12.5. The molecule has 1 radical (unpaired) electrons. The van der Waals surface area contributed by atoms with E-state index in [-0.39, 0.29) is 31.2 Å². The second-order valence-electron chi connectivity index (χ2n) is 12.5. The zero-order valence-corrected chi connectivity index (χ0v) is 31.0. The van der Waals surface area contributed by atoms with E-state index < -0.39 is 13.7 Å². The van der Waals surface area contributed by atoms with E-state index in [1.807, 2.05) is 12.1 Å². The predicted octanol–water partition coefficient (Wildman–Crippen LogP) is 11.9. The normalized spacial score (nSPS) is 13.0. The number of pyridine rings is 1. The van der Waals surface area contributed by atoms with Crippen molar-refractivity contribution < 1.29 is 32.7 Å². The molecule has 53 heavy (non-hydrogen) atoms. The van der Waals surface area contributed by atoms with Crippen molar-refractivity contribution >= 4 is 22.0 Å². The first-order chi connectivity index (χ1) is 28.0. The fourth-order valence-electron chi connectivity index (χ4n) is 6.30. The van der Waals surface area contributed by atoms with E-state index in [1.54, 1.807) is 12.1 Å². The zero-order chi connectivity index (χ0) is 40.3. The number of rotatable bonds is 7. The molecule has 0 aliphatic heterocycles. The summed E-state index contributed by atoms with van der Waals surface area (Å²) < 4.78 is 51.8. The minimum absolute atomic E-state index is 0. The van der Waals surface area contributed by atoms with Crippen molar-refractivity contribution in [3.05, 3.63) is 199 Å². The van der Waals surface area contributed by atoms with Crippen LogP contribution in [0.2, 0.25) is 0 Å². The fourth-order valence-corrected chi connectivity index (χ4v) is 6.30. The third-order valence-electron chi connectivity index (χ3n) is 8.99. The Bertz CT molecular complexity index is 2720. The quantitative estimate of drug-likeness (QED) is 0.150. The molecule has 3 aromatic heterocycles. The Morgan fingerprint density at radius 1 is 0.679 bits per heavy atom. The molecule has 0 bridgehead atoms. The Morgan fingerprint density at radius 3 is 2.13 bits per heavy atom. The number of nitrogens with zero attached hydrogens (tertiary/aromatic N) is 3. The molecule has 0 saturated heterocycles. The van der Waals surface area contributed by atoms with Crippen LogP contribution >= 0.6 is 0 Å². The molecule has 0 amide bonds. The molecule has 4 nitrogen and oxygen atoms in total. The van der Waals surface area contributed by atoms with Crippen LogP contribution in [-0.4, -0.2) is 14.5 Å². The largest absolute Gasteiger partial charge is 0.557 e. The van der Waals surface area contributed by atoms with Gasteiger partial charge < -0.3 is 14.0 Å². The smallest absolute Gasteiger partial charge is 0.0774 e. The van der Waals surface area contributed by atoms with Gasteiger partial charge in [0.05, 0.1) is 16.9 Å². The molecule has 9 aromatic rings. The van der Waals surface area contributed by atoms with Gasteiger partial charge in [-0.05, 0) is 71.9 Å². The number of aromatic nitrogens is 3. The van der Waals surface area contributed by atoms with Gasteiger partial charge in [-0.25, -0.2) is 0 Å². The molecule has 0 spiro atoms. The summed E-state index contributed by atoms with van der Waals surface area (Å²) in [5, 5.41) is 1.04. The number of fused-ring (bicyclic) bond motifs is 2. The van der Waals surface area contributed by atoms with Crippen LogP contribution in [0.15, 0.2) is 168 Å². The van der Waals surface area contributed by atoms with Gasteiger partial charge in [0.1, 0.15) is 0 Å². The van der Waals surface area contributed by atoms with E-state index in [4.69, 9.17) is 17.6 Å². The first kappa shape index (κ1) is 28.7. The Labute approximate surface area is 332 Å². The summed E-state index contributed by atoms with van der Waals surface area (Å²) >= 11 is 0. The Hall–Kier alpha value is -5.87. The van der Waals surface area contributed by atoms with Crippen LogP contribution in [0.3, 0.4) is 0 Å². The maximum Gasteiger partial charge on any atom is 0.0774 e. The van der Waals surface area contributed by atoms with Crippen molar-refractivity contribution in [2.45, 2.75) is 26.5 Å². The average Bonchev–Trinajstić information content (AvgIpc) is 3.85. The Balaban J connectivity index is 0.000000214. The van der Waals surface area contributed by atoms with Gasteiger partial charge in [0.2, 0.25) is 0 Å². The number of imidazole rings is 1.